The quantitative estimate of drug-likeness (QED) is 0.700. The SMILES string of the molecule is C[C@H]1c2nc(CC(=O)N3CC=CC3)cn2CCN1C(=O)c1c[nH]c2ccccc12. The second kappa shape index (κ2) is 6.92. The Labute approximate surface area is 168 Å². The van der Waals surface area contributed by atoms with E-state index in [1.165, 1.54) is 0 Å². The molecular weight excluding hydrogens is 366 g/mol. The second-order valence-corrected chi connectivity index (χ2v) is 7.65. The summed E-state index contributed by atoms with van der Waals surface area (Å²) >= 11 is 0. The van der Waals surface area contributed by atoms with Gasteiger partial charge in [0.15, 0.2) is 0 Å². The zero-order valence-corrected chi connectivity index (χ0v) is 16.3. The highest BCUT2D eigenvalue weighted by molar-refractivity contribution is 6.06. The van der Waals surface area contributed by atoms with Gasteiger partial charge in [0.2, 0.25) is 5.91 Å². The van der Waals surface area contributed by atoms with Crippen LogP contribution in [-0.4, -0.2) is 55.8 Å². The summed E-state index contributed by atoms with van der Waals surface area (Å²) in [5.74, 6) is 0.932. The summed E-state index contributed by atoms with van der Waals surface area (Å²) < 4.78 is 2.08. The highest BCUT2D eigenvalue weighted by Gasteiger charge is 2.31. The van der Waals surface area contributed by atoms with Crippen molar-refractivity contribution in [3.63, 3.8) is 0 Å². The third-order valence-corrected chi connectivity index (χ3v) is 5.86. The number of rotatable bonds is 3. The molecule has 148 valence electrons. The van der Waals surface area contributed by atoms with E-state index in [1.54, 1.807) is 6.20 Å². The van der Waals surface area contributed by atoms with Crippen LogP contribution in [0, 0.1) is 0 Å². The van der Waals surface area contributed by atoms with Crippen molar-refractivity contribution < 1.29 is 9.59 Å². The van der Waals surface area contributed by atoms with Crippen LogP contribution in [0.2, 0.25) is 0 Å². The van der Waals surface area contributed by atoms with Crippen molar-refractivity contribution in [3.05, 3.63) is 65.9 Å². The highest BCUT2D eigenvalue weighted by Crippen LogP contribution is 2.28. The standard InChI is InChI=1S/C22H23N5O2/c1-15-21-24-16(12-20(28)25-8-4-5-9-25)14-26(21)10-11-27(15)22(29)18-13-23-19-7-3-2-6-17(18)19/h2-7,13-15,23H,8-12H2,1H3/t15-/m0/s1. The number of para-hydroxylation sites is 1. The van der Waals surface area contributed by atoms with Gasteiger partial charge in [-0.1, -0.05) is 30.4 Å². The lowest BCUT2D eigenvalue weighted by molar-refractivity contribution is -0.129. The van der Waals surface area contributed by atoms with Gasteiger partial charge in [-0.05, 0) is 13.0 Å². The van der Waals surface area contributed by atoms with Crippen molar-refractivity contribution in [2.45, 2.75) is 25.9 Å². The third-order valence-electron chi connectivity index (χ3n) is 5.86. The van der Waals surface area contributed by atoms with E-state index in [4.69, 9.17) is 4.98 Å². The fraction of sp³-hybridized carbons (Fsp3) is 0.318. The van der Waals surface area contributed by atoms with Crippen LogP contribution in [0.3, 0.4) is 0 Å². The first-order valence-electron chi connectivity index (χ1n) is 9.97. The van der Waals surface area contributed by atoms with Crippen molar-refractivity contribution in [2.24, 2.45) is 0 Å². The van der Waals surface area contributed by atoms with E-state index < -0.39 is 0 Å². The summed E-state index contributed by atoms with van der Waals surface area (Å²) in [6.45, 7) is 4.65. The number of aromatic nitrogens is 3. The van der Waals surface area contributed by atoms with Gasteiger partial charge < -0.3 is 19.4 Å². The average Bonchev–Trinajstić information content (AvgIpc) is 3.47. The van der Waals surface area contributed by atoms with Crippen LogP contribution in [0.1, 0.15) is 34.8 Å². The number of carbonyl (C=O) groups excluding carboxylic acids is 2. The Morgan fingerprint density at radius 3 is 2.79 bits per heavy atom. The monoisotopic (exact) mass is 389 g/mol. The lowest BCUT2D eigenvalue weighted by atomic mass is 10.1. The van der Waals surface area contributed by atoms with Gasteiger partial charge in [-0.2, -0.15) is 0 Å². The van der Waals surface area contributed by atoms with E-state index >= 15 is 0 Å². The molecule has 2 aliphatic rings. The molecule has 4 heterocycles. The minimum Gasteiger partial charge on any atom is -0.360 e. The Kier molecular flexibility index (Phi) is 4.23. The molecule has 1 atom stereocenters. The summed E-state index contributed by atoms with van der Waals surface area (Å²) in [6, 6.07) is 7.68. The van der Waals surface area contributed by atoms with Gasteiger partial charge in [-0.25, -0.2) is 4.98 Å². The van der Waals surface area contributed by atoms with Crippen LogP contribution in [-0.2, 0) is 17.8 Å². The van der Waals surface area contributed by atoms with E-state index in [0.717, 1.165) is 22.4 Å². The van der Waals surface area contributed by atoms with E-state index in [9.17, 15) is 9.59 Å². The molecule has 0 fully saturated rings. The number of hydrogen-bond acceptors (Lipinski definition) is 3. The molecule has 3 aromatic rings. The molecule has 0 unspecified atom stereocenters. The Morgan fingerprint density at radius 2 is 1.97 bits per heavy atom. The molecular formula is C22H23N5O2. The van der Waals surface area contributed by atoms with Gasteiger partial charge in [-0.15, -0.1) is 0 Å². The molecule has 2 aromatic heterocycles. The summed E-state index contributed by atoms with van der Waals surface area (Å²) in [4.78, 5) is 37.3. The van der Waals surface area contributed by atoms with Crippen LogP contribution in [0.15, 0.2) is 48.8 Å². The molecule has 1 aromatic carbocycles. The van der Waals surface area contributed by atoms with Gasteiger partial charge in [-0.3, -0.25) is 9.59 Å². The molecule has 5 rings (SSSR count). The predicted octanol–water partition coefficient (Wildman–Crippen LogP) is 2.52. The first-order valence-corrected chi connectivity index (χ1v) is 9.97. The normalized spacial score (nSPS) is 18.4. The Bertz CT molecular complexity index is 1120. The molecule has 0 radical (unpaired) electrons. The number of aromatic amines is 1. The van der Waals surface area contributed by atoms with Gasteiger partial charge in [0.1, 0.15) is 5.82 Å². The summed E-state index contributed by atoms with van der Waals surface area (Å²) in [7, 11) is 0. The van der Waals surface area contributed by atoms with Gasteiger partial charge in [0.25, 0.3) is 5.91 Å². The number of benzene rings is 1. The number of hydrogen-bond donors (Lipinski definition) is 1. The topological polar surface area (TPSA) is 74.2 Å². The Morgan fingerprint density at radius 1 is 1.17 bits per heavy atom. The van der Waals surface area contributed by atoms with Gasteiger partial charge in [0, 0.05) is 49.5 Å². The molecule has 29 heavy (non-hydrogen) atoms. The maximum absolute atomic E-state index is 13.3. The zero-order valence-electron chi connectivity index (χ0n) is 16.3. The summed E-state index contributed by atoms with van der Waals surface area (Å²) in [5.41, 5.74) is 2.41. The number of fused-ring (bicyclic) bond motifs is 2. The molecule has 0 aliphatic carbocycles. The molecule has 0 spiro atoms. The number of nitrogens with one attached hydrogen (secondary N) is 1. The van der Waals surface area contributed by atoms with Crippen LogP contribution < -0.4 is 0 Å². The number of nitrogens with zero attached hydrogens (tertiary/aromatic N) is 4. The highest BCUT2D eigenvalue weighted by atomic mass is 16.2. The molecule has 0 saturated carbocycles. The van der Waals surface area contributed by atoms with E-state index in [-0.39, 0.29) is 17.9 Å². The molecule has 7 nitrogen and oxygen atoms in total. The van der Waals surface area contributed by atoms with Crippen LogP contribution in [0.5, 0.6) is 0 Å². The van der Waals surface area contributed by atoms with Crippen molar-refractivity contribution in [1.29, 1.82) is 0 Å². The predicted molar refractivity (Wildman–Crippen MR) is 109 cm³/mol. The van der Waals surface area contributed by atoms with Gasteiger partial charge in [0.05, 0.1) is 23.7 Å². The third kappa shape index (κ3) is 3.03. The number of imidazole rings is 1. The first kappa shape index (κ1) is 17.7. The van der Waals surface area contributed by atoms with Crippen molar-refractivity contribution in [2.75, 3.05) is 19.6 Å². The first-order chi connectivity index (χ1) is 14.1. The molecule has 2 aliphatic heterocycles. The lowest BCUT2D eigenvalue weighted by Gasteiger charge is -2.33. The number of amides is 2. The van der Waals surface area contributed by atoms with E-state index in [0.29, 0.717) is 38.2 Å². The Hall–Kier alpha value is -3.35. The molecule has 0 bridgehead atoms. The summed E-state index contributed by atoms with van der Waals surface area (Å²) in [5, 5.41) is 0.934. The lowest BCUT2D eigenvalue weighted by Crippen LogP contribution is -2.41. The largest absolute Gasteiger partial charge is 0.360 e. The maximum Gasteiger partial charge on any atom is 0.256 e. The van der Waals surface area contributed by atoms with Crippen molar-refractivity contribution in [1.82, 2.24) is 24.3 Å². The van der Waals surface area contributed by atoms with Gasteiger partial charge >= 0.3 is 0 Å². The zero-order chi connectivity index (χ0) is 20.0. The minimum absolute atomic E-state index is 0.00460. The minimum atomic E-state index is -0.151. The smallest absolute Gasteiger partial charge is 0.256 e. The fourth-order valence-electron chi connectivity index (χ4n) is 4.26. The van der Waals surface area contributed by atoms with Crippen molar-refractivity contribution in [3.8, 4) is 0 Å². The van der Waals surface area contributed by atoms with Crippen LogP contribution >= 0.6 is 0 Å². The maximum atomic E-state index is 13.3. The van der Waals surface area contributed by atoms with Crippen molar-refractivity contribution >= 4 is 22.7 Å². The molecule has 1 N–H and O–H groups in total. The molecule has 7 heteroatoms. The fourth-order valence-corrected chi connectivity index (χ4v) is 4.26. The second-order valence-electron chi connectivity index (χ2n) is 7.65. The number of H-pyrrole nitrogens is 1. The van der Waals surface area contributed by atoms with E-state index in [1.807, 2.05) is 59.3 Å². The molecule has 0 saturated heterocycles. The van der Waals surface area contributed by atoms with Crippen LogP contribution in [0.4, 0.5) is 0 Å². The van der Waals surface area contributed by atoms with Crippen LogP contribution in [0.25, 0.3) is 10.9 Å². The van der Waals surface area contributed by atoms with E-state index in [2.05, 4.69) is 9.55 Å². The summed E-state index contributed by atoms with van der Waals surface area (Å²) in [6.07, 6.45) is 8.05. The number of carbonyl (C=O) groups is 2. The molecule has 2 amide bonds. The Balaban J connectivity index is 1.36. The average molecular weight is 389 g/mol.